The second kappa shape index (κ2) is 5.91. The summed E-state index contributed by atoms with van der Waals surface area (Å²) in [6.45, 7) is 5.59. The molecule has 2 atom stereocenters. The summed E-state index contributed by atoms with van der Waals surface area (Å²) in [6.07, 6.45) is 3.98. The topological polar surface area (TPSA) is 68.0 Å². The smallest absolute Gasteiger partial charge is 0.233 e. The minimum Gasteiger partial charge on any atom is -0.392 e. The van der Waals surface area contributed by atoms with Crippen LogP contribution in [0.15, 0.2) is 24.5 Å². The van der Waals surface area contributed by atoms with Crippen molar-refractivity contribution in [2.75, 3.05) is 0 Å². The lowest BCUT2D eigenvalue weighted by atomic mass is 9.86. The third kappa shape index (κ3) is 3.04. The van der Waals surface area contributed by atoms with Crippen molar-refractivity contribution in [3.05, 3.63) is 30.1 Å². The number of pyridine rings is 1. The summed E-state index contributed by atoms with van der Waals surface area (Å²) in [5.74, 6) is -0.137. The van der Waals surface area contributed by atoms with E-state index in [1.165, 1.54) is 0 Å². The highest BCUT2D eigenvalue weighted by atomic mass is 32.1. The highest BCUT2D eigenvalue weighted by Crippen LogP contribution is 2.23. The van der Waals surface area contributed by atoms with E-state index in [9.17, 15) is 4.79 Å². The second-order valence-corrected chi connectivity index (χ2v) is 4.97. The summed E-state index contributed by atoms with van der Waals surface area (Å²) < 4.78 is 0. The fourth-order valence-corrected chi connectivity index (χ4v) is 1.78. The molecule has 0 aliphatic carbocycles. The number of carbonyl (C=O) groups is 1. The van der Waals surface area contributed by atoms with Crippen LogP contribution in [0.1, 0.15) is 38.8 Å². The minimum absolute atomic E-state index is 0.0966. The Kier molecular flexibility index (Phi) is 4.78. The molecule has 1 heterocycles. The van der Waals surface area contributed by atoms with Crippen LogP contribution in [0.25, 0.3) is 0 Å². The van der Waals surface area contributed by atoms with Gasteiger partial charge in [-0.1, -0.05) is 19.1 Å². The van der Waals surface area contributed by atoms with Crippen molar-refractivity contribution in [1.82, 2.24) is 10.3 Å². The average Bonchev–Trinajstić information content (AvgIpc) is 2.38. The first kappa shape index (κ1) is 14.6. The molecule has 0 aromatic carbocycles. The Morgan fingerprint density at radius 2 is 2.11 bits per heavy atom. The molecule has 0 spiro atoms. The zero-order chi connectivity index (χ0) is 13.8. The number of aromatic nitrogens is 1. The van der Waals surface area contributed by atoms with E-state index >= 15 is 0 Å². The number of hydrogen-bond donors (Lipinski definition) is 2. The van der Waals surface area contributed by atoms with Gasteiger partial charge in [-0.25, -0.2) is 0 Å². The minimum atomic E-state index is -0.795. The summed E-state index contributed by atoms with van der Waals surface area (Å²) in [7, 11) is 0. The third-order valence-electron chi connectivity index (χ3n) is 3.31. The molecule has 3 N–H and O–H groups in total. The van der Waals surface area contributed by atoms with Crippen molar-refractivity contribution in [3.63, 3.8) is 0 Å². The Hall–Kier alpha value is -1.49. The number of hydrogen-bond acceptors (Lipinski definition) is 3. The molecular weight excluding hydrogens is 246 g/mol. The Balaban J connectivity index is 2.79. The van der Waals surface area contributed by atoms with Crippen LogP contribution in [0.3, 0.4) is 0 Å². The fraction of sp³-hybridized carbons (Fsp3) is 0.462. The lowest BCUT2D eigenvalue weighted by Gasteiger charge is -2.27. The molecule has 4 nitrogen and oxygen atoms in total. The molecule has 0 fully saturated rings. The van der Waals surface area contributed by atoms with E-state index < -0.39 is 5.41 Å². The molecule has 0 aliphatic heterocycles. The Labute approximate surface area is 113 Å². The summed E-state index contributed by atoms with van der Waals surface area (Å²) >= 11 is 4.98. The Bertz CT molecular complexity index is 435. The predicted molar refractivity (Wildman–Crippen MR) is 76.0 cm³/mol. The summed E-state index contributed by atoms with van der Waals surface area (Å²) in [5, 5.41) is 2.93. The molecular formula is C13H19N3OS. The van der Waals surface area contributed by atoms with Gasteiger partial charge in [0.2, 0.25) is 5.91 Å². The van der Waals surface area contributed by atoms with Gasteiger partial charge in [-0.3, -0.25) is 9.78 Å². The maximum Gasteiger partial charge on any atom is 0.233 e. The van der Waals surface area contributed by atoms with E-state index in [2.05, 4.69) is 10.3 Å². The van der Waals surface area contributed by atoms with Crippen LogP contribution >= 0.6 is 12.2 Å². The number of carbonyl (C=O) groups excluding carboxylic acids is 1. The van der Waals surface area contributed by atoms with Gasteiger partial charge < -0.3 is 11.1 Å². The van der Waals surface area contributed by atoms with Gasteiger partial charge in [0, 0.05) is 12.4 Å². The van der Waals surface area contributed by atoms with Crippen LogP contribution in [0.4, 0.5) is 0 Å². The van der Waals surface area contributed by atoms with Gasteiger partial charge in [0.15, 0.2) is 0 Å². The second-order valence-electron chi connectivity index (χ2n) is 4.53. The molecule has 18 heavy (non-hydrogen) atoms. The lowest BCUT2D eigenvalue weighted by molar-refractivity contribution is -0.127. The van der Waals surface area contributed by atoms with E-state index in [-0.39, 0.29) is 16.9 Å². The highest BCUT2D eigenvalue weighted by molar-refractivity contribution is 7.80. The van der Waals surface area contributed by atoms with E-state index in [0.717, 1.165) is 5.56 Å². The third-order valence-corrected chi connectivity index (χ3v) is 3.76. The zero-order valence-corrected chi connectivity index (χ0v) is 11.8. The predicted octanol–water partition coefficient (Wildman–Crippen LogP) is 1.96. The van der Waals surface area contributed by atoms with Crippen LogP contribution in [0.5, 0.6) is 0 Å². The molecule has 2 unspecified atom stereocenters. The standard InChI is InChI=1S/C13H19N3OS/c1-4-13(3,11(14)18)12(17)16-9(2)10-5-7-15-8-6-10/h5-9H,4H2,1-3H3,(H2,14,18)(H,16,17). The molecule has 1 rings (SSSR count). The van der Waals surface area contributed by atoms with E-state index in [4.69, 9.17) is 18.0 Å². The molecule has 0 aliphatic rings. The molecule has 1 amide bonds. The number of nitrogens with zero attached hydrogens (tertiary/aromatic N) is 1. The van der Waals surface area contributed by atoms with Crippen molar-refractivity contribution in [1.29, 1.82) is 0 Å². The molecule has 1 aromatic heterocycles. The zero-order valence-electron chi connectivity index (χ0n) is 10.9. The van der Waals surface area contributed by atoms with Crippen LogP contribution in [-0.4, -0.2) is 15.9 Å². The van der Waals surface area contributed by atoms with Crippen molar-refractivity contribution in [2.45, 2.75) is 33.2 Å². The molecule has 0 saturated carbocycles. The normalized spacial score (nSPS) is 15.5. The molecule has 98 valence electrons. The van der Waals surface area contributed by atoms with Crippen LogP contribution < -0.4 is 11.1 Å². The van der Waals surface area contributed by atoms with Gasteiger partial charge in [0.1, 0.15) is 0 Å². The number of nitrogens with one attached hydrogen (secondary N) is 1. The average molecular weight is 265 g/mol. The van der Waals surface area contributed by atoms with Gasteiger partial charge in [-0.05, 0) is 38.0 Å². The first-order chi connectivity index (χ1) is 8.41. The van der Waals surface area contributed by atoms with Gasteiger partial charge in [0.05, 0.1) is 16.4 Å². The van der Waals surface area contributed by atoms with Gasteiger partial charge in [-0.15, -0.1) is 0 Å². The first-order valence-electron chi connectivity index (χ1n) is 5.92. The van der Waals surface area contributed by atoms with Crippen molar-refractivity contribution >= 4 is 23.1 Å². The van der Waals surface area contributed by atoms with Crippen LogP contribution in [-0.2, 0) is 4.79 Å². The quantitative estimate of drug-likeness (QED) is 0.799. The lowest BCUT2D eigenvalue weighted by Crippen LogP contribution is -2.47. The van der Waals surface area contributed by atoms with E-state index in [1.807, 2.05) is 26.0 Å². The first-order valence-corrected chi connectivity index (χ1v) is 6.33. The van der Waals surface area contributed by atoms with Gasteiger partial charge in [0.25, 0.3) is 0 Å². The fourth-order valence-electron chi connectivity index (χ4n) is 1.54. The van der Waals surface area contributed by atoms with Crippen LogP contribution in [0, 0.1) is 5.41 Å². The van der Waals surface area contributed by atoms with Crippen LogP contribution in [0.2, 0.25) is 0 Å². The summed E-state index contributed by atoms with van der Waals surface area (Å²) in [4.78, 5) is 16.4. The largest absolute Gasteiger partial charge is 0.392 e. The van der Waals surface area contributed by atoms with Crippen molar-refractivity contribution in [3.8, 4) is 0 Å². The van der Waals surface area contributed by atoms with Crippen molar-refractivity contribution < 1.29 is 4.79 Å². The summed E-state index contributed by atoms with van der Waals surface area (Å²) in [5.41, 5.74) is 5.86. The number of amides is 1. The number of rotatable bonds is 5. The molecule has 0 bridgehead atoms. The maximum absolute atomic E-state index is 12.2. The molecule has 5 heteroatoms. The monoisotopic (exact) mass is 265 g/mol. The SMILES string of the molecule is CCC(C)(C(=O)NC(C)c1ccncc1)C(N)=S. The number of thiocarbonyl (C=S) groups is 1. The Morgan fingerprint density at radius 1 is 1.56 bits per heavy atom. The molecule has 0 saturated heterocycles. The van der Waals surface area contributed by atoms with E-state index in [0.29, 0.717) is 6.42 Å². The maximum atomic E-state index is 12.2. The molecule has 1 aromatic rings. The van der Waals surface area contributed by atoms with Crippen molar-refractivity contribution in [2.24, 2.45) is 11.1 Å². The summed E-state index contributed by atoms with van der Waals surface area (Å²) in [6, 6.07) is 3.64. The number of nitrogens with two attached hydrogens (primary N) is 1. The van der Waals surface area contributed by atoms with E-state index in [1.54, 1.807) is 19.3 Å². The Morgan fingerprint density at radius 3 is 2.56 bits per heavy atom. The highest BCUT2D eigenvalue weighted by Gasteiger charge is 2.35. The molecule has 0 radical (unpaired) electrons. The van der Waals surface area contributed by atoms with Gasteiger partial charge >= 0.3 is 0 Å². The van der Waals surface area contributed by atoms with Gasteiger partial charge in [-0.2, -0.15) is 0 Å².